The van der Waals surface area contributed by atoms with Crippen LogP contribution in [-0.2, 0) is 0 Å². The fraction of sp³-hybridized carbons (Fsp3) is 0. The molecule has 0 aliphatic rings. The summed E-state index contributed by atoms with van der Waals surface area (Å²) in [5.41, 5.74) is 0. The molecule has 0 atom stereocenters. The van der Waals surface area contributed by atoms with E-state index in [9.17, 15) is 0 Å². The summed E-state index contributed by atoms with van der Waals surface area (Å²) in [6.07, 6.45) is 0. The van der Waals surface area contributed by atoms with E-state index < -0.39 is 6.91 Å². The van der Waals surface area contributed by atoms with Crippen LogP contribution in [0, 0.1) is 5.31 Å². The smallest absolute Gasteiger partial charge is 0.367 e. The minimum atomic E-state index is -1.92. The summed E-state index contributed by atoms with van der Waals surface area (Å²) in [4.78, 5) is 0. The minimum Gasteiger partial charge on any atom is -0.722 e. The maximum atomic E-state index is 7.28. The van der Waals surface area contributed by atoms with Crippen LogP contribution in [0.5, 0.6) is 0 Å². The third-order valence-electron chi connectivity index (χ3n) is 0. The molecule has 0 unspecified atom stereocenters. The van der Waals surface area contributed by atoms with Crippen molar-refractivity contribution in [3.63, 3.8) is 0 Å². The van der Waals surface area contributed by atoms with E-state index in [2.05, 4.69) is 0 Å². The van der Waals surface area contributed by atoms with E-state index in [0.29, 0.717) is 0 Å². The summed E-state index contributed by atoms with van der Waals surface area (Å²) in [5.74, 6) is 0. The molecule has 0 aromatic heterocycles. The molecule has 0 aromatic rings. The van der Waals surface area contributed by atoms with Gasteiger partial charge in [0.1, 0.15) is 0 Å². The lowest BCUT2D eigenvalue weighted by Crippen LogP contribution is -1.89. The highest BCUT2D eigenvalue weighted by atomic mass is 16.4. The van der Waals surface area contributed by atoms with Crippen LogP contribution in [0.25, 0.3) is 0 Å². The average molecular weight is 59.8 g/mol. The fourth-order valence-corrected chi connectivity index (χ4v) is 0. The van der Waals surface area contributed by atoms with E-state index in [1.54, 1.807) is 0 Å². The largest absolute Gasteiger partial charge is 0.722 e. The molecule has 0 rings (SSSR count). The monoisotopic (exact) mass is 60.0 g/mol. The van der Waals surface area contributed by atoms with Gasteiger partial charge in [0, 0.05) is 0 Å². The van der Waals surface area contributed by atoms with Gasteiger partial charge in [-0.05, 0) is 0 Å². The van der Waals surface area contributed by atoms with Crippen molar-refractivity contribution < 1.29 is 10.0 Å². The molecule has 0 aromatic carbocycles. The summed E-state index contributed by atoms with van der Waals surface area (Å²) in [5, 5.41) is 20.2. The van der Waals surface area contributed by atoms with Gasteiger partial charge in [0.05, 0.1) is 0 Å². The molecule has 4 heteroatoms. The Morgan fingerprint density at radius 3 is 1.50 bits per heavy atom. The van der Waals surface area contributed by atoms with E-state index in [1.807, 2.05) is 0 Å². The topological polar surface area (TPSA) is 64.3 Å². The molecule has 3 nitrogen and oxygen atoms in total. The van der Waals surface area contributed by atoms with Crippen molar-refractivity contribution in [2.75, 3.05) is 0 Å². The Labute approximate surface area is 23.5 Å². The van der Waals surface area contributed by atoms with Gasteiger partial charge in [0.15, 0.2) is 0 Å². The van der Waals surface area contributed by atoms with Crippen LogP contribution >= 0.6 is 0 Å². The van der Waals surface area contributed by atoms with Gasteiger partial charge in [0.25, 0.3) is 0 Å². The van der Waals surface area contributed by atoms with Crippen LogP contribution in [0.3, 0.4) is 0 Å². The Bertz CT molecular complexity index is 29.0. The molecule has 24 valence electrons. The lowest BCUT2D eigenvalue weighted by atomic mass is 10.3. The second-order valence-corrected chi connectivity index (χ2v) is 0.374. The predicted molar refractivity (Wildman–Crippen MR) is 12.9 cm³/mol. The van der Waals surface area contributed by atoms with Crippen molar-refractivity contribution >= 4 is 6.91 Å². The first-order chi connectivity index (χ1) is 1.73. The molecule has 0 radical (unpaired) electrons. The lowest BCUT2D eigenvalue weighted by Gasteiger charge is -1.82. The normalized spacial score (nSPS) is 6.00. The third-order valence-corrected chi connectivity index (χ3v) is 0. The van der Waals surface area contributed by atoms with E-state index in [0.717, 1.165) is 0 Å². The van der Waals surface area contributed by atoms with Crippen LogP contribution in [0.4, 0.5) is 0 Å². The SMILES string of the molecule is N=[B-](O)O. The number of hydrogen-bond acceptors (Lipinski definition) is 1. The zero-order valence-electron chi connectivity index (χ0n) is 1.97. The van der Waals surface area contributed by atoms with Crippen molar-refractivity contribution in [3.05, 3.63) is 0 Å². The Morgan fingerprint density at radius 2 is 1.50 bits per heavy atom. The summed E-state index contributed by atoms with van der Waals surface area (Å²) in [6, 6.07) is 0. The first-order valence-electron chi connectivity index (χ1n) is 0.805. The molecule has 4 heavy (non-hydrogen) atoms. The lowest BCUT2D eigenvalue weighted by molar-refractivity contribution is 0.422. The summed E-state index contributed by atoms with van der Waals surface area (Å²) in [6.45, 7) is -1.92. The van der Waals surface area contributed by atoms with Crippen molar-refractivity contribution in [1.29, 1.82) is 5.31 Å². The van der Waals surface area contributed by atoms with Gasteiger partial charge < -0.3 is 15.4 Å². The maximum Gasteiger partial charge on any atom is 0.367 e. The van der Waals surface area contributed by atoms with Gasteiger partial charge >= 0.3 is 6.91 Å². The summed E-state index contributed by atoms with van der Waals surface area (Å²) < 4.78 is 0. The van der Waals surface area contributed by atoms with Gasteiger partial charge in [-0.2, -0.15) is 0 Å². The van der Waals surface area contributed by atoms with Crippen LogP contribution in [-0.4, -0.2) is 17.0 Å². The van der Waals surface area contributed by atoms with Gasteiger partial charge in [-0.15, -0.1) is 0 Å². The number of hydrogen-bond donors (Lipinski definition) is 3. The van der Waals surface area contributed by atoms with E-state index in [-0.39, 0.29) is 0 Å². The maximum absolute atomic E-state index is 7.28. The molecule has 0 saturated heterocycles. The second kappa shape index (κ2) is 0.871. The molecule has 0 amide bonds. The fourth-order valence-electron chi connectivity index (χ4n) is 0. The Hall–Kier alpha value is -0.535. The number of rotatable bonds is 0. The van der Waals surface area contributed by atoms with E-state index in [1.165, 1.54) is 0 Å². The predicted octanol–water partition coefficient (Wildman–Crippen LogP) is -1.20. The van der Waals surface area contributed by atoms with Gasteiger partial charge in [0.2, 0.25) is 0 Å². The molecule has 0 heterocycles. The molecular formula is H3BNO2-. The highest BCUT2D eigenvalue weighted by Gasteiger charge is 1.51. The van der Waals surface area contributed by atoms with Crippen LogP contribution in [0.15, 0.2) is 0 Å². The van der Waals surface area contributed by atoms with Crippen molar-refractivity contribution in [2.45, 2.75) is 0 Å². The summed E-state index contributed by atoms with van der Waals surface area (Å²) >= 11 is 0. The molecule has 0 saturated carbocycles. The zero-order chi connectivity index (χ0) is 3.58. The highest BCUT2D eigenvalue weighted by Crippen LogP contribution is 1.30. The average Bonchev–Trinajstić information content (AvgIpc) is 0.811. The number of nitrogens with one attached hydrogen (secondary N) is 1. The van der Waals surface area contributed by atoms with Crippen LogP contribution < -0.4 is 0 Å². The minimum absolute atomic E-state index is 1.92. The molecular weight excluding hydrogens is 56.8 g/mol. The van der Waals surface area contributed by atoms with Gasteiger partial charge in [-0.25, -0.2) is 0 Å². The molecule has 0 aliphatic heterocycles. The molecule has 0 aliphatic carbocycles. The molecule has 0 spiro atoms. The first-order valence-corrected chi connectivity index (χ1v) is 0.805. The Kier molecular flexibility index (Phi) is 0.754. The van der Waals surface area contributed by atoms with Crippen LogP contribution in [0.2, 0.25) is 0 Å². The van der Waals surface area contributed by atoms with Gasteiger partial charge in [-0.1, -0.05) is 0 Å². The first kappa shape index (κ1) is 3.46. The zero-order valence-corrected chi connectivity index (χ0v) is 1.97. The van der Waals surface area contributed by atoms with Crippen molar-refractivity contribution in [3.8, 4) is 0 Å². The second-order valence-electron chi connectivity index (χ2n) is 0.374. The summed E-state index contributed by atoms with van der Waals surface area (Å²) in [7, 11) is 0. The van der Waals surface area contributed by atoms with Crippen molar-refractivity contribution in [2.24, 2.45) is 0 Å². The van der Waals surface area contributed by atoms with Gasteiger partial charge in [-0.3, -0.25) is 0 Å². The third kappa shape index (κ3) is 1.11. The Balaban J connectivity index is 2.80. The quantitative estimate of drug-likeness (QED) is 0.307. The molecule has 0 fully saturated rings. The molecule has 0 bridgehead atoms. The van der Waals surface area contributed by atoms with Crippen LogP contribution in [0.1, 0.15) is 0 Å². The van der Waals surface area contributed by atoms with E-state index in [4.69, 9.17) is 15.4 Å². The van der Waals surface area contributed by atoms with Crippen molar-refractivity contribution in [1.82, 2.24) is 0 Å². The molecule has 3 N–H and O–H groups in total. The Morgan fingerprint density at radius 1 is 1.50 bits per heavy atom. The van der Waals surface area contributed by atoms with E-state index >= 15 is 0 Å². The highest BCUT2D eigenvalue weighted by molar-refractivity contribution is 6.24. The standard InChI is InChI=1S/BH3NO2/c2-1(3)4/h2-4H/q-1.